The monoisotopic (exact) mass is 194 g/mol. The first-order chi connectivity index (χ1) is 6.42. The lowest BCUT2D eigenvalue weighted by atomic mass is 9.81. The molecule has 2 aliphatic rings. The van der Waals surface area contributed by atoms with Crippen molar-refractivity contribution in [1.29, 1.82) is 0 Å². The van der Waals surface area contributed by atoms with Crippen molar-refractivity contribution in [3.8, 4) is 0 Å². The van der Waals surface area contributed by atoms with Gasteiger partial charge in [0.15, 0.2) is 0 Å². The molecule has 2 aliphatic heterocycles. The first-order valence-electron chi connectivity index (χ1n) is 4.86. The van der Waals surface area contributed by atoms with Gasteiger partial charge in [-0.2, -0.15) is 10.2 Å². The van der Waals surface area contributed by atoms with Crippen LogP contribution in [-0.2, 0) is 9.31 Å². The molecule has 4 nitrogen and oxygen atoms in total. The molecule has 0 saturated carbocycles. The van der Waals surface area contributed by atoms with Crippen LogP contribution in [0, 0.1) is 0 Å². The summed E-state index contributed by atoms with van der Waals surface area (Å²) in [7, 11) is -0.331. The van der Waals surface area contributed by atoms with Crippen molar-refractivity contribution in [1.82, 2.24) is 0 Å². The third-order valence-corrected chi connectivity index (χ3v) is 3.09. The van der Waals surface area contributed by atoms with Crippen LogP contribution >= 0.6 is 0 Å². The highest BCUT2D eigenvalue weighted by Crippen LogP contribution is 2.37. The molecule has 0 spiro atoms. The number of nitrogens with zero attached hydrogens (tertiary/aromatic N) is 2. The SMILES string of the molecule is CC1(C)OB(C2=NN=CC2)OC1(C)C. The van der Waals surface area contributed by atoms with Crippen molar-refractivity contribution >= 4 is 18.9 Å². The van der Waals surface area contributed by atoms with Gasteiger partial charge < -0.3 is 9.31 Å². The van der Waals surface area contributed by atoms with Crippen molar-refractivity contribution in [2.24, 2.45) is 10.2 Å². The standard InChI is InChI=1S/C9H15BN2O2/c1-8(2)9(3,4)14-10(13-8)7-5-6-11-12-7/h6H,5H2,1-4H3. The second kappa shape index (κ2) is 2.91. The summed E-state index contributed by atoms with van der Waals surface area (Å²) in [5.74, 6) is 0. The lowest BCUT2D eigenvalue weighted by molar-refractivity contribution is 0.00578. The van der Waals surface area contributed by atoms with Crippen LogP contribution in [0.2, 0.25) is 0 Å². The molecule has 2 rings (SSSR count). The van der Waals surface area contributed by atoms with Gasteiger partial charge in [0, 0.05) is 12.6 Å². The molecule has 0 aromatic heterocycles. The Morgan fingerprint density at radius 3 is 2.21 bits per heavy atom. The average Bonchev–Trinajstić information content (AvgIpc) is 2.58. The largest absolute Gasteiger partial charge is 0.512 e. The van der Waals surface area contributed by atoms with E-state index in [0.717, 1.165) is 12.0 Å². The predicted octanol–water partition coefficient (Wildman–Crippen LogP) is 1.45. The summed E-state index contributed by atoms with van der Waals surface area (Å²) in [6.07, 6.45) is 2.50. The molecule has 0 atom stereocenters. The van der Waals surface area contributed by atoms with Gasteiger partial charge >= 0.3 is 7.12 Å². The molecule has 1 saturated heterocycles. The molecule has 0 N–H and O–H groups in total. The van der Waals surface area contributed by atoms with Gasteiger partial charge in [-0.25, -0.2) is 0 Å². The fourth-order valence-electron chi connectivity index (χ4n) is 1.41. The molecular weight excluding hydrogens is 179 g/mol. The normalized spacial score (nSPS) is 28.3. The van der Waals surface area contributed by atoms with E-state index >= 15 is 0 Å². The van der Waals surface area contributed by atoms with Crippen LogP contribution in [0.4, 0.5) is 0 Å². The van der Waals surface area contributed by atoms with E-state index in [1.165, 1.54) is 0 Å². The van der Waals surface area contributed by atoms with E-state index in [2.05, 4.69) is 10.2 Å². The summed E-state index contributed by atoms with van der Waals surface area (Å²) < 4.78 is 11.6. The van der Waals surface area contributed by atoms with E-state index in [0.29, 0.717) is 0 Å². The molecule has 5 heteroatoms. The van der Waals surface area contributed by atoms with E-state index in [1.54, 1.807) is 6.21 Å². The van der Waals surface area contributed by atoms with Gasteiger partial charge in [-0.1, -0.05) is 0 Å². The van der Waals surface area contributed by atoms with E-state index in [9.17, 15) is 0 Å². The first-order valence-corrected chi connectivity index (χ1v) is 4.86. The topological polar surface area (TPSA) is 43.2 Å². The van der Waals surface area contributed by atoms with Gasteiger partial charge in [0.25, 0.3) is 0 Å². The lowest BCUT2D eigenvalue weighted by Gasteiger charge is -2.32. The number of hydrogen-bond donors (Lipinski definition) is 0. The van der Waals surface area contributed by atoms with E-state index in [4.69, 9.17) is 9.31 Å². The summed E-state index contributed by atoms with van der Waals surface area (Å²) in [5, 5.41) is 7.79. The molecular formula is C9H15BN2O2. The maximum absolute atomic E-state index is 5.81. The maximum atomic E-state index is 5.81. The maximum Gasteiger partial charge on any atom is 0.512 e. The quantitative estimate of drug-likeness (QED) is 0.593. The summed E-state index contributed by atoms with van der Waals surface area (Å²) in [5.41, 5.74) is 0.287. The Bertz CT molecular complexity index is 294. The van der Waals surface area contributed by atoms with Gasteiger partial charge in [0.1, 0.15) is 0 Å². The van der Waals surface area contributed by atoms with E-state index in [-0.39, 0.29) is 18.3 Å². The minimum Gasteiger partial charge on any atom is -0.399 e. The first kappa shape index (κ1) is 9.86. The van der Waals surface area contributed by atoms with E-state index in [1.807, 2.05) is 27.7 Å². The Labute approximate surface area is 84.5 Å². The third-order valence-electron chi connectivity index (χ3n) is 3.09. The smallest absolute Gasteiger partial charge is 0.399 e. The molecule has 0 aliphatic carbocycles. The van der Waals surface area contributed by atoms with Crippen LogP contribution in [0.15, 0.2) is 10.2 Å². The van der Waals surface area contributed by atoms with Gasteiger partial charge in [-0.3, -0.25) is 0 Å². The van der Waals surface area contributed by atoms with E-state index < -0.39 is 0 Å². The van der Waals surface area contributed by atoms with Gasteiger partial charge in [0.05, 0.1) is 16.8 Å². The van der Waals surface area contributed by atoms with Crippen molar-refractivity contribution < 1.29 is 9.31 Å². The van der Waals surface area contributed by atoms with Crippen molar-refractivity contribution in [3.63, 3.8) is 0 Å². The van der Waals surface area contributed by atoms with Crippen LogP contribution in [0.1, 0.15) is 34.1 Å². The predicted molar refractivity (Wildman–Crippen MR) is 56.6 cm³/mol. The Morgan fingerprint density at radius 2 is 1.79 bits per heavy atom. The zero-order valence-corrected chi connectivity index (χ0v) is 9.07. The Kier molecular flexibility index (Phi) is 2.05. The molecule has 0 aromatic rings. The molecule has 1 fully saturated rings. The van der Waals surface area contributed by atoms with Crippen molar-refractivity contribution in [2.75, 3.05) is 0 Å². The minimum absolute atomic E-state index is 0.289. The van der Waals surface area contributed by atoms with Crippen LogP contribution in [-0.4, -0.2) is 30.1 Å². The molecule has 0 aromatic carbocycles. The molecule has 76 valence electrons. The van der Waals surface area contributed by atoms with Crippen LogP contribution in [0.3, 0.4) is 0 Å². The molecule has 0 unspecified atom stereocenters. The minimum atomic E-state index is -0.331. The van der Waals surface area contributed by atoms with Gasteiger partial charge in [-0.05, 0) is 27.7 Å². The summed E-state index contributed by atoms with van der Waals surface area (Å²) in [6.45, 7) is 8.12. The van der Waals surface area contributed by atoms with Crippen LogP contribution in [0.5, 0.6) is 0 Å². The Morgan fingerprint density at radius 1 is 1.21 bits per heavy atom. The van der Waals surface area contributed by atoms with Gasteiger partial charge in [-0.15, -0.1) is 0 Å². The Hall–Kier alpha value is -0.675. The summed E-state index contributed by atoms with van der Waals surface area (Å²) in [4.78, 5) is 0. The van der Waals surface area contributed by atoms with Gasteiger partial charge in [0.2, 0.25) is 0 Å². The fourth-order valence-corrected chi connectivity index (χ4v) is 1.41. The lowest BCUT2D eigenvalue weighted by Crippen LogP contribution is -2.41. The number of rotatable bonds is 1. The third kappa shape index (κ3) is 1.40. The fraction of sp³-hybridized carbons (Fsp3) is 0.778. The zero-order valence-electron chi connectivity index (χ0n) is 9.07. The highest BCUT2D eigenvalue weighted by Gasteiger charge is 2.53. The summed E-state index contributed by atoms with van der Waals surface area (Å²) >= 11 is 0. The average molecular weight is 194 g/mol. The number of hydrogen-bond acceptors (Lipinski definition) is 4. The Balaban J connectivity index is 2.14. The highest BCUT2D eigenvalue weighted by atomic mass is 16.7. The second-order valence-electron chi connectivity index (χ2n) is 4.68. The van der Waals surface area contributed by atoms with Crippen molar-refractivity contribution in [2.45, 2.75) is 45.3 Å². The van der Waals surface area contributed by atoms with Crippen LogP contribution < -0.4 is 0 Å². The highest BCUT2D eigenvalue weighted by molar-refractivity contribution is 6.83. The molecule has 0 radical (unpaired) electrons. The van der Waals surface area contributed by atoms with Crippen molar-refractivity contribution in [3.05, 3.63) is 0 Å². The molecule has 14 heavy (non-hydrogen) atoms. The second-order valence-corrected chi connectivity index (χ2v) is 4.68. The molecule has 2 heterocycles. The van der Waals surface area contributed by atoms with Crippen LogP contribution in [0.25, 0.3) is 0 Å². The molecule has 0 amide bonds. The molecule has 0 bridgehead atoms. The zero-order chi connectivity index (χ0) is 10.4. The summed E-state index contributed by atoms with van der Waals surface area (Å²) in [6, 6.07) is 0.